The van der Waals surface area contributed by atoms with E-state index in [1.807, 2.05) is 0 Å². The molecule has 0 spiro atoms. The number of nitrogens with two attached hydrogens (primary N) is 1. The molecule has 0 unspecified atom stereocenters. The molecule has 2 N–H and O–H groups in total. The summed E-state index contributed by atoms with van der Waals surface area (Å²) in [7, 11) is 0. The van der Waals surface area contributed by atoms with Gasteiger partial charge in [0.1, 0.15) is 0 Å². The minimum atomic E-state index is -1.00. The van der Waals surface area contributed by atoms with Crippen LogP contribution in [0.2, 0.25) is 0 Å². The number of nitrogens with zero attached hydrogens (tertiary/aromatic N) is 3. The lowest BCUT2D eigenvalue weighted by atomic mass is 9.68. The van der Waals surface area contributed by atoms with Crippen LogP contribution in [0, 0.1) is 17.0 Å². The van der Waals surface area contributed by atoms with Gasteiger partial charge < -0.3 is 20.1 Å². The standard InChI is InChI=1S/C43H52N4O6/c1-3-52-42(49)53-40-39(33-19-18-24-36(31-33)47(50)51)38(32(2)45-41(40)44)37(48)25-16-8-6-4-5-7-9-17-28-46-29-26-43(27-30-46,34-20-12-10-13-21-34)35-22-14-11-15-23-35/h10-15,18-24,31H,3-9,16-17,25-30H2,1-2H3,(H2,44,45). The summed E-state index contributed by atoms with van der Waals surface area (Å²) in [6.45, 7) is 6.73. The number of nitro benzene ring substituents is 1. The van der Waals surface area contributed by atoms with Gasteiger partial charge in [0.25, 0.3) is 5.69 Å². The Morgan fingerprint density at radius 2 is 1.43 bits per heavy atom. The first-order valence-electron chi connectivity index (χ1n) is 19.0. The number of pyridine rings is 1. The topological polar surface area (TPSA) is 138 Å². The van der Waals surface area contributed by atoms with Gasteiger partial charge in [-0.05, 0) is 75.9 Å². The lowest BCUT2D eigenvalue weighted by Gasteiger charge is -2.43. The van der Waals surface area contributed by atoms with Gasteiger partial charge in [0, 0.05) is 29.5 Å². The maximum Gasteiger partial charge on any atom is 0.513 e. The maximum absolute atomic E-state index is 13.7. The molecule has 5 rings (SSSR count). The number of hydrogen-bond donors (Lipinski definition) is 1. The van der Waals surface area contributed by atoms with Gasteiger partial charge in [0.05, 0.1) is 22.8 Å². The minimum absolute atomic E-state index is 0.0697. The molecule has 0 amide bonds. The first-order chi connectivity index (χ1) is 25.7. The number of hydrogen-bond acceptors (Lipinski definition) is 9. The molecule has 2 heterocycles. The third-order valence-corrected chi connectivity index (χ3v) is 10.4. The number of nitro groups is 1. The van der Waals surface area contributed by atoms with Crippen molar-refractivity contribution in [2.75, 3.05) is 32.0 Å². The van der Waals surface area contributed by atoms with E-state index < -0.39 is 11.1 Å². The molecule has 53 heavy (non-hydrogen) atoms. The van der Waals surface area contributed by atoms with Crippen LogP contribution in [-0.4, -0.2) is 53.0 Å². The number of ether oxygens (including phenoxy) is 2. The molecule has 1 saturated heterocycles. The number of nitrogen functional groups attached to an aromatic ring is 1. The van der Waals surface area contributed by atoms with E-state index in [4.69, 9.17) is 15.2 Å². The fourth-order valence-corrected chi connectivity index (χ4v) is 7.66. The zero-order chi connectivity index (χ0) is 37.6. The Balaban J connectivity index is 1.06. The van der Waals surface area contributed by atoms with E-state index >= 15 is 0 Å². The van der Waals surface area contributed by atoms with Gasteiger partial charge in [0.2, 0.25) is 0 Å². The number of piperidine rings is 1. The van der Waals surface area contributed by atoms with E-state index in [9.17, 15) is 19.7 Å². The Morgan fingerprint density at radius 3 is 2.02 bits per heavy atom. The van der Waals surface area contributed by atoms with Gasteiger partial charge in [-0.3, -0.25) is 14.9 Å². The highest BCUT2D eigenvalue weighted by molar-refractivity contribution is 6.06. The fraction of sp³-hybridized carbons (Fsp3) is 0.419. The molecule has 10 heteroatoms. The molecule has 0 saturated carbocycles. The molecule has 0 radical (unpaired) electrons. The number of Topliss-reactive ketones (excluding diaryl/α,β-unsaturated/α-hetero) is 1. The van der Waals surface area contributed by atoms with Crippen molar-refractivity contribution in [3.63, 3.8) is 0 Å². The highest BCUT2D eigenvalue weighted by Crippen LogP contribution is 2.42. The molecule has 0 aliphatic carbocycles. The molecule has 1 aliphatic rings. The third kappa shape index (κ3) is 10.1. The van der Waals surface area contributed by atoms with E-state index in [0.29, 0.717) is 17.7 Å². The Morgan fingerprint density at radius 1 is 0.849 bits per heavy atom. The van der Waals surface area contributed by atoms with E-state index in [-0.39, 0.29) is 52.6 Å². The molecular formula is C43H52N4O6. The van der Waals surface area contributed by atoms with Crippen molar-refractivity contribution in [3.05, 3.63) is 117 Å². The average molecular weight is 721 g/mol. The van der Waals surface area contributed by atoms with Gasteiger partial charge in [-0.15, -0.1) is 0 Å². The lowest BCUT2D eigenvalue weighted by Crippen LogP contribution is -2.43. The molecule has 4 aromatic rings. The van der Waals surface area contributed by atoms with Crippen LogP contribution in [-0.2, 0) is 10.2 Å². The Kier molecular flexibility index (Phi) is 14.1. The smallest absolute Gasteiger partial charge is 0.434 e. The average Bonchev–Trinajstić information content (AvgIpc) is 3.17. The number of ketones is 1. The van der Waals surface area contributed by atoms with Crippen LogP contribution < -0.4 is 10.5 Å². The van der Waals surface area contributed by atoms with E-state index in [1.54, 1.807) is 19.9 Å². The monoisotopic (exact) mass is 720 g/mol. The van der Waals surface area contributed by atoms with Crippen molar-refractivity contribution in [1.82, 2.24) is 9.88 Å². The lowest BCUT2D eigenvalue weighted by molar-refractivity contribution is -0.384. The number of aromatic nitrogens is 1. The number of benzene rings is 3. The zero-order valence-electron chi connectivity index (χ0n) is 31.1. The summed E-state index contributed by atoms with van der Waals surface area (Å²) in [6.07, 6.45) is 10.1. The second-order valence-corrected chi connectivity index (χ2v) is 13.9. The number of rotatable bonds is 18. The fourth-order valence-electron chi connectivity index (χ4n) is 7.66. The Bertz CT molecular complexity index is 1780. The Labute approximate surface area is 312 Å². The van der Waals surface area contributed by atoms with Crippen molar-refractivity contribution in [3.8, 4) is 16.9 Å². The molecule has 0 atom stereocenters. The number of aryl methyl sites for hydroxylation is 1. The third-order valence-electron chi connectivity index (χ3n) is 10.4. The molecule has 10 nitrogen and oxygen atoms in total. The van der Waals surface area contributed by atoms with Crippen molar-refractivity contribution < 1.29 is 24.0 Å². The number of likely N-dealkylation sites (tertiary alicyclic amines) is 1. The summed E-state index contributed by atoms with van der Waals surface area (Å²) in [5.74, 6) is -0.448. The summed E-state index contributed by atoms with van der Waals surface area (Å²) < 4.78 is 10.4. The van der Waals surface area contributed by atoms with Crippen molar-refractivity contribution >= 4 is 23.4 Å². The first kappa shape index (κ1) is 39.1. The summed E-state index contributed by atoms with van der Waals surface area (Å²) in [5.41, 5.74) is 10.1. The molecule has 280 valence electrons. The van der Waals surface area contributed by atoms with Crippen LogP contribution in [0.25, 0.3) is 11.1 Å². The molecule has 0 bridgehead atoms. The number of anilines is 1. The summed E-state index contributed by atoms with van der Waals surface area (Å²) in [4.78, 5) is 43.9. The van der Waals surface area contributed by atoms with E-state index in [0.717, 1.165) is 51.7 Å². The molecule has 1 fully saturated rings. The minimum Gasteiger partial charge on any atom is -0.434 e. The van der Waals surface area contributed by atoms with E-state index in [2.05, 4.69) is 70.5 Å². The van der Waals surface area contributed by atoms with Crippen LogP contribution in [0.3, 0.4) is 0 Å². The highest BCUT2D eigenvalue weighted by atomic mass is 16.7. The highest BCUT2D eigenvalue weighted by Gasteiger charge is 2.37. The van der Waals surface area contributed by atoms with Gasteiger partial charge in [0.15, 0.2) is 17.4 Å². The molecular weight excluding hydrogens is 668 g/mol. The summed E-state index contributed by atoms with van der Waals surface area (Å²) in [5, 5.41) is 11.5. The molecule has 3 aromatic carbocycles. The molecule has 1 aromatic heterocycles. The number of carbonyl (C=O) groups excluding carboxylic acids is 2. The SMILES string of the molecule is CCOC(=O)Oc1c(N)nc(C)c(C(=O)CCCCCCCCCCN2CCC(c3ccccc3)(c3ccccc3)CC2)c1-c1cccc([N+](=O)[O-])c1. The second-order valence-electron chi connectivity index (χ2n) is 13.9. The van der Waals surface area contributed by atoms with Gasteiger partial charge in [-0.25, -0.2) is 9.78 Å². The van der Waals surface area contributed by atoms with E-state index in [1.165, 1.54) is 55.0 Å². The van der Waals surface area contributed by atoms with Crippen molar-refractivity contribution in [1.29, 1.82) is 0 Å². The van der Waals surface area contributed by atoms with Crippen molar-refractivity contribution in [2.45, 2.75) is 89.9 Å². The van der Waals surface area contributed by atoms with Crippen LogP contribution in [0.5, 0.6) is 5.75 Å². The number of unbranched alkanes of at least 4 members (excludes halogenated alkanes) is 7. The predicted molar refractivity (Wildman–Crippen MR) is 208 cm³/mol. The summed E-state index contributed by atoms with van der Waals surface area (Å²) in [6, 6.07) is 27.8. The van der Waals surface area contributed by atoms with Crippen molar-refractivity contribution in [2.24, 2.45) is 0 Å². The van der Waals surface area contributed by atoms with Gasteiger partial charge >= 0.3 is 6.16 Å². The van der Waals surface area contributed by atoms with Crippen LogP contribution >= 0.6 is 0 Å². The van der Waals surface area contributed by atoms with Crippen LogP contribution in [0.15, 0.2) is 84.9 Å². The number of carbonyl (C=O) groups is 2. The van der Waals surface area contributed by atoms with Gasteiger partial charge in [-0.1, -0.05) is 111 Å². The summed E-state index contributed by atoms with van der Waals surface area (Å²) >= 11 is 0. The largest absolute Gasteiger partial charge is 0.513 e. The predicted octanol–water partition coefficient (Wildman–Crippen LogP) is 9.86. The Hall–Kier alpha value is -5.09. The first-order valence-corrected chi connectivity index (χ1v) is 19.0. The molecule has 1 aliphatic heterocycles. The maximum atomic E-state index is 13.7. The quantitative estimate of drug-likeness (QED) is 0.0350. The van der Waals surface area contributed by atoms with Crippen LogP contribution in [0.1, 0.15) is 105 Å². The van der Waals surface area contributed by atoms with Gasteiger partial charge in [-0.2, -0.15) is 0 Å². The van der Waals surface area contributed by atoms with Crippen LogP contribution in [0.4, 0.5) is 16.3 Å². The normalized spacial score (nSPS) is 14.1. The number of non-ortho nitro benzene ring substituents is 1. The second kappa shape index (κ2) is 19.1. The zero-order valence-corrected chi connectivity index (χ0v) is 31.1.